The lowest BCUT2D eigenvalue weighted by atomic mass is 10.2. The van der Waals surface area contributed by atoms with E-state index in [0.29, 0.717) is 17.4 Å². The SMILES string of the molecule is Nc1cc(C(F)(F)F)nc(SCc2ncc(-c3ccc(F)c(Cl)c3)o2)n1. The van der Waals surface area contributed by atoms with Crippen LogP contribution in [-0.4, -0.2) is 15.0 Å². The molecular weight excluding hydrogens is 396 g/mol. The number of nitrogens with zero attached hydrogens (tertiary/aromatic N) is 3. The summed E-state index contributed by atoms with van der Waals surface area (Å²) in [6.07, 6.45) is -3.22. The number of halogens is 5. The summed E-state index contributed by atoms with van der Waals surface area (Å²) < 4.78 is 56.9. The Bertz CT molecular complexity index is 948. The first-order valence-electron chi connectivity index (χ1n) is 6.97. The van der Waals surface area contributed by atoms with Crippen molar-refractivity contribution in [1.29, 1.82) is 0 Å². The van der Waals surface area contributed by atoms with Crippen LogP contribution in [0.15, 0.2) is 40.0 Å². The van der Waals surface area contributed by atoms with Gasteiger partial charge < -0.3 is 10.2 Å². The van der Waals surface area contributed by atoms with E-state index in [1.54, 1.807) is 0 Å². The zero-order valence-corrected chi connectivity index (χ0v) is 14.3. The third-order valence-electron chi connectivity index (χ3n) is 3.10. The van der Waals surface area contributed by atoms with E-state index >= 15 is 0 Å². The predicted molar refractivity (Wildman–Crippen MR) is 87.9 cm³/mol. The summed E-state index contributed by atoms with van der Waals surface area (Å²) in [5.74, 6) is -0.207. The molecule has 0 aliphatic heterocycles. The van der Waals surface area contributed by atoms with Gasteiger partial charge in [0.15, 0.2) is 16.6 Å². The summed E-state index contributed by atoms with van der Waals surface area (Å²) in [6.45, 7) is 0. The Morgan fingerprint density at radius 1 is 1.19 bits per heavy atom. The van der Waals surface area contributed by atoms with Crippen LogP contribution in [0.5, 0.6) is 0 Å². The first-order valence-corrected chi connectivity index (χ1v) is 8.33. The first-order chi connectivity index (χ1) is 12.2. The second-order valence-electron chi connectivity index (χ2n) is 4.99. The topological polar surface area (TPSA) is 77.8 Å². The average Bonchev–Trinajstić information content (AvgIpc) is 3.03. The maximum Gasteiger partial charge on any atom is 0.433 e. The molecule has 5 nitrogen and oxygen atoms in total. The lowest BCUT2D eigenvalue weighted by molar-refractivity contribution is -0.141. The molecule has 136 valence electrons. The van der Waals surface area contributed by atoms with Gasteiger partial charge in [0.25, 0.3) is 0 Å². The molecule has 0 saturated carbocycles. The fourth-order valence-corrected chi connectivity index (χ4v) is 2.84. The zero-order chi connectivity index (χ0) is 18.9. The molecule has 2 aromatic heterocycles. The van der Waals surface area contributed by atoms with Gasteiger partial charge in [-0.1, -0.05) is 23.4 Å². The van der Waals surface area contributed by atoms with Gasteiger partial charge in [-0.05, 0) is 18.2 Å². The summed E-state index contributed by atoms with van der Waals surface area (Å²) in [5.41, 5.74) is 4.77. The molecule has 3 rings (SSSR count). The van der Waals surface area contributed by atoms with Gasteiger partial charge in [-0.3, -0.25) is 0 Å². The largest absolute Gasteiger partial charge is 0.440 e. The second kappa shape index (κ2) is 7.12. The zero-order valence-electron chi connectivity index (χ0n) is 12.7. The van der Waals surface area contributed by atoms with Crippen molar-refractivity contribution >= 4 is 29.2 Å². The Labute approximate surface area is 153 Å². The highest BCUT2D eigenvalue weighted by Gasteiger charge is 2.33. The molecule has 3 aromatic rings. The van der Waals surface area contributed by atoms with Crippen molar-refractivity contribution in [2.45, 2.75) is 17.1 Å². The van der Waals surface area contributed by atoms with Crippen molar-refractivity contribution < 1.29 is 22.0 Å². The molecule has 2 heterocycles. The highest BCUT2D eigenvalue weighted by molar-refractivity contribution is 7.98. The van der Waals surface area contributed by atoms with Crippen LogP contribution in [0.3, 0.4) is 0 Å². The van der Waals surface area contributed by atoms with Crippen LogP contribution in [0.2, 0.25) is 5.02 Å². The van der Waals surface area contributed by atoms with Gasteiger partial charge in [0.05, 0.1) is 17.0 Å². The lowest BCUT2D eigenvalue weighted by Gasteiger charge is -2.07. The highest BCUT2D eigenvalue weighted by Crippen LogP contribution is 2.31. The molecule has 0 bridgehead atoms. The lowest BCUT2D eigenvalue weighted by Crippen LogP contribution is -2.10. The fraction of sp³-hybridized carbons (Fsp3) is 0.133. The molecule has 0 atom stereocenters. The number of anilines is 1. The standard InChI is InChI=1S/C15H9ClF4N4OS/c16-8-3-7(1-2-9(8)17)10-5-22-13(25-10)6-26-14-23-11(15(18,19)20)4-12(21)24-14/h1-5H,6H2,(H2,21,23,24). The van der Waals surface area contributed by atoms with Crippen LogP contribution >= 0.6 is 23.4 Å². The number of alkyl halides is 3. The second-order valence-corrected chi connectivity index (χ2v) is 6.34. The van der Waals surface area contributed by atoms with E-state index < -0.39 is 17.7 Å². The van der Waals surface area contributed by atoms with E-state index in [4.69, 9.17) is 21.8 Å². The molecule has 0 saturated heterocycles. The quantitative estimate of drug-likeness (QED) is 0.381. The molecule has 2 N–H and O–H groups in total. The van der Waals surface area contributed by atoms with Crippen molar-refractivity contribution in [3.8, 4) is 11.3 Å². The van der Waals surface area contributed by atoms with E-state index in [9.17, 15) is 17.6 Å². The summed E-state index contributed by atoms with van der Waals surface area (Å²) in [4.78, 5) is 11.2. The molecule has 1 aromatic carbocycles. The molecular formula is C15H9ClF4N4OS. The molecule has 0 fully saturated rings. The summed E-state index contributed by atoms with van der Waals surface area (Å²) in [7, 11) is 0. The van der Waals surface area contributed by atoms with Crippen molar-refractivity contribution in [2.24, 2.45) is 0 Å². The molecule has 26 heavy (non-hydrogen) atoms. The minimum atomic E-state index is -4.62. The van der Waals surface area contributed by atoms with Crippen LogP contribution in [0, 0.1) is 5.82 Å². The van der Waals surface area contributed by atoms with Gasteiger partial charge in [-0.25, -0.2) is 19.3 Å². The number of rotatable bonds is 4. The fourth-order valence-electron chi connectivity index (χ4n) is 1.94. The van der Waals surface area contributed by atoms with Crippen LogP contribution in [0.1, 0.15) is 11.6 Å². The number of thioether (sulfide) groups is 1. The number of aromatic nitrogens is 3. The maximum absolute atomic E-state index is 13.2. The molecule has 0 aliphatic rings. The highest BCUT2D eigenvalue weighted by atomic mass is 35.5. The molecule has 11 heteroatoms. The van der Waals surface area contributed by atoms with Gasteiger partial charge in [-0.15, -0.1) is 0 Å². The van der Waals surface area contributed by atoms with Gasteiger partial charge in [0.2, 0.25) is 5.89 Å². The van der Waals surface area contributed by atoms with Crippen LogP contribution < -0.4 is 5.73 Å². The van der Waals surface area contributed by atoms with Gasteiger partial charge in [0, 0.05) is 11.6 Å². The Balaban J connectivity index is 1.74. The van der Waals surface area contributed by atoms with E-state index in [1.165, 1.54) is 24.4 Å². The van der Waals surface area contributed by atoms with Crippen molar-refractivity contribution in [1.82, 2.24) is 15.0 Å². The van der Waals surface area contributed by atoms with Crippen molar-refractivity contribution in [2.75, 3.05) is 5.73 Å². The van der Waals surface area contributed by atoms with E-state index in [1.807, 2.05) is 0 Å². The minimum absolute atomic E-state index is 0.0670. The number of hydrogen-bond acceptors (Lipinski definition) is 6. The van der Waals surface area contributed by atoms with Crippen LogP contribution in [0.4, 0.5) is 23.4 Å². The first kappa shape index (κ1) is 18.5. The number of oxazole rings is 1. The monoisotopic (exact) mass is 404 g/mol. The maximum atomic E-state index is 13.2. The Morgan fingerprint density at radius 3 is 2.65 bits per heavy atom. The molecule has 0 radical (unpaired) electrons. The smallest absolute Gasteiger partial charge is 0.433 e. The predicted octanol–water partition coefficient (Wildman–Crippen LogP) is 4.82. The molecule has 0 spiro atoms. The number of nitrogen functional groups attached to an aromatic ring is 1. The molecule has 0 amide bonds. The van der Waals surface area contributed by atoms with Crippen LogP contribution in [-0.2, 0) is 11.9 Å². The summed E-state index contributed by atoms with van der Waals surface area (Å²) >= 11 is 6.60. The van der Waals surface area contributed by atoms with E-state index in [0.717, 1.165) is 11.8 Å². The van der Waals surface area contributed by atoms with Crippen LogP contribution in [0.25, 0.3) is 11.3 Å². The molecule has 0 aliphatic carbocycles. The van der Waals surface area contributed by atoms with E-state index in [2.05, 4.69) is 15.0 Å². The Hall–Kier alpha value is -2.33. The van der Waals surface area contributed by atoms with E-state index in [-0.39, 0.29) is 27.6 Å². The number of nitrogens with two attached hydrogens (primary N) is 1. The van der Waals surface area contributed by atoms with Crippen molar-refractivity contribution in [3.63, 3.8) is 0 Å². The Morgan fingerprint density at radius 2 is 1.96 bits per heavy atom. The van der Waals surface area contributed by atoms with Gasteiger partial charge in [-0.2, -0.15) is 13.2 Å². The van der Waals surface area contributed by atoms with Gasteiger partial charge >= 0.3 is 6.18 Å². The minimum Gasteiger partial charge on any atom is -0.440 e. The number of hydrogen-bond donors (Lipinski definition) is 1. The third-order valence-corrected chi connectivity index (χ3v) is 4.22. The third kappa shape index (κ3) is 4.25. The average molecular weight is 405 g/mol. The normalized spacial score (nSPS) is 11.7. The van der Waals surface area contributed by atoms with Crippen molar-refractivity contribution in [3.05, 3.63) is 52.9 Å². The van der Waals surface area contributed by atoms with Gasteiger partial charge in [0.1, 0.15) is 11.6 Å². The Kier molecular flexibility index (Phi) is 5.05. The number of benzene rings is 1. The summed E-state index contributed by atoms with van der Waals surface area (Å²) in [5, 5.41) is -0.218. The summed E-state index contributed by atoms with van der Waals surface area (Å²) in [6, 6.07) is 4.69. The molecule has 0 unspecified atom stereocenters.